The van der Waals surface area contributed by atoms with Crippen LogP contribution in [0, 0.1) is 0 Å². The number of aliphatic hydroxyl groups is 1. The zero-order valence-electron chi connectivity index (χ0n) is 15.0. The van der Waals surface area contributed by atoms with Crippen LogP contribution in [-0.2, 0) is 13.1 Å². The number of aliphatic hydroxyl groups excluding tert-OH is 1. The quantitative estimate of drug-likeness (QED) is 0.654. The molecule has 0 saturated carbocycles. The Labute approximate surface area is 154 Å². The molecule has 0 aliphatic heterocycles. The molecule has 0 radical (unpaired) electrons. The van der Waals surface area contributed by atoms with Gasteiger partial charge in [0.05, 0.1) is 12.6 Å². The summed E-state index contributed by atoms with van der Waals surface area (Å²) in [5.41, 5.74) is 3.15. The Morgan fingerprint density at radius 1 is 1.08 bits per heavy atom. The lowest BCUT2D eigenvalue weighted by atomic mass is 10.1. The first-order valence-electron chi connectivity index (χ1n) is 8.88. The summed E-state index contributed by atoms with van der Waals surface area (Å²) >= 11 is 0. The molecule has 1 heterocycles. The smallest absolute Gasteiger partial charge is 0.115 e. The van der Waals surface area contributed by atoms with Crippen LogP contribution in [0.15, 0.2) is 67.0 Å². The number of nitrogens with zero attached hydrogens (tertiary/aromatic N) is 3. The van der Waals surface area contributed by atoms with Gasteiger partial charge in [0.2, 0.25) is 0 Å². The van der Waals surface area contributed by atoms with E-state index in [9.17, 15) is 10.2 Å². The highest BCUT2D eigenvalue weighted by molar-refractivity contribution is 5.29. The van der Waals surface area contributed by atoms with Gasteiger partial charge in [-0.05, 0) is 41.4 Å². The van der Waals surface area contributed by atoms with Crippen molar-refractivity contribution in [2.24, 2.45) is 0 Å². The number of phenols is 1. The van der Waals surface area contributed by atoms with Gasteiger partial charge in [-0.3, -0.25) is 9.58 Å². The number of phenolic OH excluding ortho intramolecular Hbond substituents is 1. The number of aromatic nitrogens is 2. The normalized spacial score (nSPS) is 12.4. The molecule has 0 unspecified atom stereocenters. The maximum atomic E-state index is 10.4. The van der Waals surface area contributed by atoms with E-state index in [0.717, 1.165) is 25.2 Å². The maximum Gasteiger partial charge on any atom is 0.115 e. The number of aromatic hydroxyl groups is 1. The molecule has 5 heteroatoms. The summed E-state index contributed by atoms with van der Waals surface area (Å²) < 4.78 is 1.90. The van der Waals surface area contributed by atoms with E-state index < -0.39 is 6.10 Å². The monoisotopic (exact) mass is 351 g/mol. The predicted octanol–water partition coefficient (Wildman–Crippen LogP) is 3.19. The van der Waals surface area contributed by atoms with Gasteiger partial charge in [-0.1, -0.05) is 43.3 Å². The van der Waals surface area contributed by atoms with E-state index in [-0.39, 0.29) is 5.75 Å². The molecule has 1 aromatic heterocycles. The van der Waals surface area contributed by atoms with Crippen molar-refractivity contribution >= 4 is 0 Å². The van der Waals surface area contributed by atoms with Gasteiger partial charge in [0.25, 0.3) is 0 Å². The molecule has 2 aromatic carbocycles. The minimum absolute atomic E-state index is 0.178. The lowest BCUT2D eigenvalue weighted by molar-refractivity contribution is 0.112. The zero-order valence-corrected chi connectivity index (χ0v) is 15.0. The van der Waals surface area contributed by atoms with Crippen LogP contribution in [0.2, 0.25) is 0 Å². The molecule has 3 rings (SSSR count). The molecule has 2 N–H and O–H groups in total. The minimum Gasteiger partial charge on any atom is -0.508 e. The molecular weight excluding hydrogens is 326 g/mol. The molecule has 26 heavy (non-hydrogen) atoms. The van der Waals surface area contributed by atoms with Crippen LogP contribution in [0.5, 0.6) is 5.75 Å². The lowest BCUT2D eigenvalue weighted by Gasteiger charge is -2.24. The van der Waals surface area contributed by atoms with Crippen LogP contribution in [-0.4, -0.2) is 38.0 Å². The maximum absolute atomic E-state index is 10.4. The number of rotatable bonds is 8. The first-order chi connectivity index (χ1) is 12.6. The molecule has 0 aliphatic carbocycles. The van der Waals surface area contributed by atoms with Crippen LogP contribution in [0.3, 0.4) is 0 Å². The third-order valence-electron chi connectivity index (χ3n) is 4.47. The molecule has 136 valence electrons. The Bertz CT molecular complexity index is 800. The highest BCUT2D eigenvalue weighted by Gasteiger charge is 2.13. The van der Waals surface area contributed by atoms with Crippen LogP contribution in [0.1, 0.15) is 29.7 Å². The fraction of sp³-hybridized carbons (Fsp3) is 0.286. The minimum atomic E-state index is -0.624. The predicted molar refractivity (Wildman–Crippen MR) is 102 cm³/mol. The van der Waals surface area contributed by atoms with Crippen molar-refractivity contribution in [1.29, 1.82) is 0 Å². The van der Waals surface area contributed by atoms with Gasteiger partial charge in [0.15, 0.2) is 0 Å². The molecule has 0 spiro atoms. The van der Waals surface area contributed by atoms with Crippen molar-refractivity contribution in [2.75, 3.05) is 13.1 Å². The summed E-state index contributed by atoms with van der Waals surface area (Å²) in [6.45, 7) is 4.98. The Morgan fingerprint density at radius 3 is 2.50 bits per heavy atom. The molecule has 0 bridgehead atoms. The molecule has 3 aromatic rings. The van der Waals surface area contributed by atoms with Gasteiger partial charge in [-0.25, -0.2) is 0 Å². The summed E-state index contributed by atoms with van der Waals surface area (Å²) in [4.78, 5) is 2.19. The molecule has 5 nitrogen and oxygen atoms in total. The van der Waals surface area contributed by atoms with E-state index in [0.29, 0.717) is 6.54 Å². The second kappa shape index (κ2) is 8.65. The van der Waals surface area contributed by atoms with Crippen molar-refractivity contribution in [3.05, 3.63) is 83.7 Å². The summed E-state index contributed by atoms with van der Waals surface area (Å²) in [5.74, 6) is 0.178. The van der Waals surface area contributed by atoms with E-state index >= 15 is 0 Å². The summed E-state index contributed by atoms with van der Waals surface area (Å²) in [6, 6.07) is 17.2. The lowest BCUT2D eigenvalue weighted by Crippen LogP contribution is -2.28. The van der Waals surface area contributed by atoms with Gasteiger partial charge in [0.1, 0.15) is 5.75 Å². The fourth-order valence-electron chi connectivity index (χ4n) is 2.98. The summed E-state index contributed by atoms with van der Waals surface area (Å²) in [7, 11) is 0. The number of benzene rings is 2. The molecular formula is C21H25N3O2. The molecule has 0 amide bonds. The van der Waals surface area contributed by atoms with Crippen molar-refractivity contribution in [1.82, 2.24) is 14.7 Å². The van der Waals surface area contributed by atoms with E-state index in [1.807, 2.05) is 23.0 Å². The Hall–Kier alpha value is -2.63. The van der Waals surface area contributed by atoms with Gasteiger partial charge in [0, 0.05) is 25.5 Å². The van der Waals surface area contributed by atoms with Crippen LogP contribution < -0.4 is 0 Å². The zero-order chi connectivity index (χ0) is 18.4. The van der Waals surface area contributed by atoms with Gasteiger partial charge in [-0.2, -0.15) is 5.10 Å². The third-order valence-corrected chi connectivity index (χ3v) is 4.47. The number of hydrogen-bond acceptors (Lipinski definition) is 4. The van der Waals surface area contributed by atoms with Gasteiger partial charge in [-0.15, -0.1) is 0 Å². The second-order valence-electron chi connectivity index (χ2n) is 6.46. The van der Waals surface area contributed by atoms with Crippen LogP contribution >= 0.6 is 0 Å². The summed E-state index contributed by atoms with van der Waals surface area (Å²) in [5, 5.41) is 24.3. The van der Waals surface area contributed by atoms with Crippen molar-refractivity contribution in [2.45, 2.75) is 26.1 Å². The SMILES string of the molecule is CCN(Cc1ccc(Cn2cccn2)cc1)C[C@@H](O)c1cccc(O)c1. The Kier molecular flexibility index (Phi) is 6.04. The fourth-order valence-corrected chi connectivity index (χ4v) is 2.98. The Balaban J connectivity index is 1.59. The van der Waals surface area contributed by atoms with Crippen LogP contribution in [0.25, 0.3) is 0 Å². The largest absolute Gasteiger partial charge is 0.508 e. The molecule has 0 aliphatic rings. The second-order valence-corrected chi connectivity index (χ2v) is 6.46. The first kappa shape index (κ1) is 18.2. The number of hydrogen-bond donors (Lipinski definition) is 2. The van der Waals surface area contributed by atoms with E-state index in [1.165, 1.54) is 11.1 Å². The first-order valence-corrected chi connectivity index (χ1v) is 8.88. The average Bonchev–Trinajstić information content (AvgIpc) is 3.15. The summed E-state index contributed by atoms with van der Waals surface area (Å²) in [6.07, 6.45) is 3.11. The molecule has 0 saturated heterocycles. The van der Waals surface area contributed by atoms with Crippen molar-refractivity contribution in [3.8, 4) is 5.75 Å². The van der Waals surface area contributed by atoms with Crippen molar-refractivity contribution in [3.63, 3.8) is 0 Å². The van der Waals surface area contributed by atoms with Crippen LogP contribution in [0.4, 0.5) is 0 Å². The van der Waals surface area contributed by atoms with E-state index in [1.54, 1.807) is 24.4 Å². The number of likely N-dealkylation sites (N-methyl/N-ethyl adjacent to an activating group) is 1. The standard InChI is InChI=1S/C21H25N3O2/c1-2-23(16-21(26)19-5-3-6-20(25)13-19)14-17-7-9-18(10-8-17)15-24-12-4-11-22-24/h3-13,21,25-26H,2,14-16H2,1H3/t21-/m1/s1. The van der Waals surface area contributed by atoms with Crippen molar-refractivity contribution < 1.29 is 10.2 Å². The van der Waals surface area contributed by atoms with Gasteiger partial charge >= 0.3 is 0 Å². The molecule has 1 atom stereocenters. The third kappa shape index (κ3) is 4.94. The van der Waals surface area contributed by atoms with E-state index in [2.05, 4.69) is 41.2 Å². The topological polar surface area (TPSA) is 61.5 Å². The highest BCUT2D eigenvalue weighted by atomic mass is 16.3. The van der Waals surface area contributed by atoms with E-state index in [4.69, 9.17) is 0 Å². The average molecular weight is 351 g/mol. The molecule has 0 fully saturated rings. The highest BCUT2D eigenvalue weighted by Crippen LogP contribution is 2.20. The van der Waals surface area contributed by atoms with Gasteiger partial charge < -0.3 is 10.2 Å². The Morgan fingerprint density at radius 2 is 1.85 bits per heavy atom.